The zero-order valence-electron chi connectivity index (χ0n) is 9.01. The molecule has 0 aromatic carbocycles. The molecule has 1 atom stereocenters. The molecular weight excluding hydrogens is 208 g/mol. The maximum Gasteiger partial charge on any atom is 0.276 e. The number of hydrogen-bond acceptors (Lipinski definition) is 5. The van der Waals surface area contributed by atoms with E-state index in [4.69, 9.17) is 5.73 Å². The van der Waals surface area contributed by atoms with Crippen LogP contribution in [-0.4, -0.2) is 15.9 Å². The molecule has 6 heteroatoms. The highest BCUT2D eigenvalue weighted by Crippen LogP contribution is 2.34. The SMILES string of the molecule is CC(Nc1cc([N+](=O)[O-])cc(N)n1)C1CC1. The fourth-order valence-electron chi connectivity index (χ4n) is 1.66. The van der Waals surface area contributed by atoms with Crippen molar-refractivity contribution in [3.8, 4) is 0 Å². The summed E-state index contributed by atoms with van der Waals surface area (Å²) in [6.45, 7) is 2.05. The maximum absolute atomic E-state index is 10.6. The Labute approximate surface area is 93.0 Å². The van der Waals surface area contributed by atoms with E-state index in [-0.39, 0.29) is 17.5 Å². The summed E-state index contributed by atoms with van der Waals surface area (Å²) >= 11 is 0. The third-order valence-electron chi connectivity index (χ3n) is 2.75. The van der Waals surface area contributed by atoms with Gasteiger partial charge in [-0.05, 0) is 25.7 Å². The third-order valence-corrected chi connectivity index (χ3v) is 2.75. The molecule has 0 bridgehead atoms. The van der Waals surface area contributed by atoms with Crippen LogP contribution in [0, 0.1) is 16.0 Å². The fourth-order valence-corrected chi connectivity index (χ4v) is 1.66. The second kappa shape index (κ2) is 3.96. The number of hydrogen-bond donors (Lipinski definition) is 2. The van der Waals surface area contributed by atoms with Crippen LogP contribution in [0.2, 0.25) is 0 Å². The summed E-state index contributed by atoms with van der Waals surface area (Å²) in [4.78, 5) is 14.2. The number of nitrogens with zero attached hydrogens (tertiary/aromatic N) is 2. The van der Waals surface area contributed by atoms with E-state index in [1.807, 2.05) is 6.92 Å². The van der Waals surface area contributed by atoms with Gasteiger partial charge in [0.15, 0.2) is 0 Å². The lowest BCUT2D eigenvalue weighted by Crippen LogP contribution is -2.18. The van der Waals surface area contributed by atoms with Crippen molar-refractivity contribution in [3.63, 3.8) is 0 Å². The number of aromatic nitrogens is 1. The van der Waals surface area contributed by atoms with Crippen LogP contribution in [0.25, 0.3) is 0 Å². The second-order valence-corrected chi connectivity index (χ2v) is 4.16. The molecule has 6 nitrogen and oxygen atoms in total. The van der Waals surface area contributed by atoms with Gasteiger partial charge in [-0.3, -0.25) is 10.1 Å². The van der Waals surface area contributed by atoms with E-state index in [0.29, 0.717) is 11.7 Å². The summed E-state index contributed by atoms with van der Waals surface area (Å²) in [6, 6.07) is 2.95. The molecule has 0 spiro atoms. The van der Waals surface area contributed by atoms with Crippen LogP contribution in [0.4, 0.5) is 17.3 Å². The van der Waals surface area contributed by atoms with Gasteiger partial charge >= 0.3 is 0 Å². The average Bonchev–Trinajstić information content (AvgIpc) is 2.99. The molecule has 0 saturated heterocycles. The number of rotatable bonds is 4. The molecule has 2 rings (SSSR count). The molecule has 1 unspecified atom stereocenters. The number of nitrogens with one attached hydrogen (secondary N) is 1. The first-order valence-corrected chi connectivity index (χ1v) is 5.25. The van der Waals surface area contributed by atoms with Gasteiger partial charge in [0.05, 0.1) is 17.1 Å². The van der Waals surface area contributed by atoms with Crippen molar-refractivity contribution in [1.82, 2.24) is 4.98 Å². The Morgan fingerprint density at radius 2 is 2.31 bits per heavy atom. The molecule has 0 radical (unpaired) electrons. The van der Waals surface area contributed by atoms with Gasteiger partial charge in [0, 0.05) is 6.04 Å². The van der Waals surface area contributed by atoms with Gasteiger partial charge in [0.2, 0.25) is 0 Å². The first kappa shape index (κ1) is 10.7. The molecular formula is C10H14N4O2. The number of nitro groups is 1. The maximum atomic E-state index is 10.6. The standard InChI is InChI=1S/C10H14N4O2/c1-6(7-2-3-7)12-10-5-8(14(15)16)4-9(11)13-10/h4-7H,2-3H2,1H3,(H3,11,12,13). The molecule has 0 amide bonds. The number of anilines is 2. The first-order valence-electron chi connectivity index (χ1n) is 5.25. The van der Waals surface area contributed by atoms with Gasteiger partial charge < -0.3 is 11.1 Å². The normalized spacial score (nSPS) is 16.8. The quantitative estimate of drug-likeness (QED) is 0.598. The number of nitrogens with two attached hydrogens (primary N) is 1. The highest BCUT2D eigenvalue weighted by atomic mass is 16.6. The first-order chi connectivity index (χ1) is 7.56. The molecule has 1 aromatic heterocycles. The predicted molar refractivity (Wildman–Crippen MR) is 61.1 cm³/mol. The lowest BCUT2D eigenvalue weighted by molar-refractivity contribution is -0.384. The van der Waals surface area contributed by atoms with E-state index in [0.717, 1.165) is 0 Å². The summed E-state index contributed by atoms with van der Waals surface area (Å²) < 4.78 is 0. The van der Waals surface area contributed by atoms with Crippen molar-refractivity contribution in [2.24, 2.45) is 5.92 Å². The van der Waals surface area contributed by atoms with E-state index in [1.54, 1.807) is 0 Å². The zero-order chi connectivity index (χ0) is 11.7. The molecule has 1 aliphatic carbocycles. The Hall–Kier alpha value is -1.85. The van der Waals surface area contributed by atoms with Crippen molar-refractivity contribution < 1.29 is 4.92 Å². The molecule has 1 heterocycles. The minimum Gasteiger partial charge on any atom is -0.383 e. The molecule has 16 heavy (non-hydrogen) atoms. The number of nitrogen functional groups attached to an aromatic ring is 1. The van der Waals surface area contributed by atoms with Crippen molar-refractivity contribution in [1.29, 1.82) is 0 Å². The molecule has 86 valence electrons. The van der Waals surface area contributed by atoms with Gasteiger partial charge in [0.1, 0.15) is 11.6 Å². The van der Waals surface area contributed by atoms with Crippen LogP contribution in [-0.2, 0) is 0 Å². The van der Waals surface area contributed by atoms with Crippen molar-refractivity contribution in [2.75, 3.05) is 11.1 Å². The van der Waals surface area contributed by atoms with Crippen molar-refractivity contribution >= 4 is 17.3 Å². The molecule has 1 aliphatic rings. The van der Waals surface area contributed by atoms with E-state index in [1.165, 1.54) is 25.0 Å². The molecule has 1 saturated carbocycles. The Bertz CT molecular complexity index is 417. The highest BCUT2D eigenvalue weighted by Gasteiger charge is 2.28. The van der Waals surface area contributed by atoms with Crippen LogP contribution < -0.4 is 11.1 Å². The van der Waals surface area contributed by atoms with E-state index in [2.05, 4.69) is 10.3 Å². The van der Waals surface area contributed by atoms with E-state index >= 15 is 0 Å². The summed E-state index contributed by atoms with van der Waals surface area (Å²) in [6.07, 6.45) is 2.41. The Kier molecular flexibility index (Phi) is 2.64. The van der Waals surface area contributed by atoms with Crippen molar-refractivity contribution in [2.45, 2.75) is 25.8 Å². The van der Waals surface area contributed by atoms with Crippen LogP contribution >= 0.6 is 0 Å². The summed E-state index contributed by atoms with van der Waals surface area (Å²) in [5.41, 5.74) is 5.48. The van der Waals surface area contributed by atoms with E-state index in [9.17, 15) is 10.1 Å². The molecule has 1 fully saturated rings. The van der Waals surface area contributed by atoms with Crippen LogP contribution in [0.15, 0.2) is 12.1 Å². The van der Waals surface area contributed by atoms with Gasteiger partial charge in [-0.1, -0.05) is 0 Å². The van der Waals surface area contributed by atoms with Gasteiger partial charge in [0.25, 0.3) is 5.69 Å². The average molecular weight is 222 g/mol. The largest absolute Gasteiger partial charge is 0.383 e. The minimum atomic E-state index is -0.467. The van der Waals surface area contributed by atoms with Crippen LogP contribution in [0.3, 0.4) is 0 Å². The monoisotopic (exact) mass is 222 g/mol. The Morgan fingerprint density at radius 3 is 2.88 bits per heavy atom. The van der Waals surface area contributed by atoms with Gasteiger partial charge in [-0.15, -0.1) is 0 Å². The molecule has 3 N–H and O–H groups in total. The van der Waals surface area contributed by atoms with Gasteiger partial charge in [-0.2, -0.15) is 0 Å². The Morgan fingerprint density at radius 1 is 1.62 bits per heavy atom. The summed E-state index contributed by atoms with van der Waals surface area (Å²) in [5.74, 6) is 1.30. The topological polar surface area (TPSA) is 94.1 Å². The fraction of sp³-hybridized carbons (Fsp3) is 0.500. The van der Waals surface area contributed by atoms with Crippen molar-refractivity contribution in [3.05, 3.63) is 22.2 Å². The third kappa shape index (κ3) is 2.39. The second-order valence-electron chi connectivity index (χ2n) is 4.16. The van der Waals surface area contributed by atoms with Crippen LogP contribution in [0.1, 0.15) is 19.8 Å². The van der Waals surface area contributed by atoms with E-state index < -0.39 is 4.92 Å². The Balaban J connectivity index is 2.16. The summed E-state index contributed by atoms with van der Waals surface area (Å²) in [7, 11) is 0. The van der Waals surface area contributed by atoms with Crippen LogP contribution in [0.5, 0.6) is 0 Å². The van der Waals surface area contributed by atoms with Gasteiger partial charge in [-0.25, -0.2) is 4.98 Å². The molecule has 1 aromatic rings. The lowest BCUT2D eigenvalue weighted by Gasteiger charge is -2.13. The lowest BCUT2D eigenvalue weighted by atomic mass is 10.2. The highest BCUT2D eigenvalue weighted by molar-refractivity contribution is 5.53. The zero-order valence-corrected chi connectivity index (χ0v) is 9.01. The smallest absolute Gasteiger partial charge is 0.276 e. The predicted octanol–water partition coefficient (Wildman–Crippen LogP) is 1.78. The number of pyridine rings is 1. The minimum absolute atomic E-state index is 0.0296. The molecule has 0 aliphatic heterocycles. The summed E-state index contributed by atoms with van der Waals surface area (Å²) in [5, 5.41) is 13.8.